The summed E-state index contributed by atoms with van der Waals surface area (Å²) in [6, 6.07) is 6.36. The molecule has 0 spiro atoms. The van der Waals surface area contributed by atoms with E-state index in [0.717, 1.165) is 5.56 Å². The number of hydrogen-bond donors (Lipinski definition) is 2. The van der Waals surface area contributed by atoms with E-state index < -0.39 is 10.0 Å². The van der Waals surface area contributed by atoms with Crippen LogP contribution in [0.2, 0.25) is 0 Å². The molecule has 1 aromatic carbocycles. The van der Waals surface area contributed by atoms with Crippen molar-refractivity contribution in [1.29, 1.82) is 0 Å². The summed E-state index contributed by atoms with van der Waals surface area (Å²) < 4.78 is 27.9. The maximum Gasteiger partial charge on any atom is 0.243 e. The zero-order valence-electron chi connectivity index (χ0n) is 10.1. The molecule has 0 fully saturated rings. The van der Waals surface area contributed by atoms with E-state index in [0.29, 0.717) is 4.47 Å². The van der Waals surface area contributed by atoms with Crippen LogP contribution in [0.4, 0.5) is 5.69 Å². The molecule has 1 unspecified atom stereocenters. The number of halogens is 1. The molecule has 1 heterocycles. The lowest BCUT2D eigenvalue weighted by atomic mass is 10.2. The Balaban J connectivity index is 2.30. The first kappa shape index (κ1) is 14.5. The zero-order chi connectivity index (χ0) is 14.0. The highest BCUT2D eigenvalue weighted by Gasteiger charge is 2.21. The first-order valence-electron chi connectivity index (χ1n) is 5.49. The van der Waals surface area contributed by atoms with Gasteiger partial charge in [-0.3, -0.25) is 0 Å². The third-order valence-corrected chi connectivity index (χ3v) is 5.43. The van der Waals surface area contributed by atoms with Crippen LogP contribution >= 0.6 is 27.3 Å². The van der Waals surface area contributed by atoms with Crippen LogP contribution in [0.1, 0.15) is 18.5 Å². The third kappa shape index (κ3) is 3.36. The van der Waals surface area contributed by atoms with Crippen LogP contribution in [-0.4, -0.2) is 8.42 Å². The van der Waals surface area contributed by atoms with Crippen LogP contribution in [0, 0.1) is 0 Å². The largest absolute Gasteiger partial charge is 0.398 e. The number of benzene rings is 1. The minimum Gasteiger partial charge on any atom is -0.398 e. The Bertz CT molecular complexity index is 669. The van der Waals surface area contributed by atoms with E-state index in [1.54, 1.807) is 19.1 Å². The summed E-state index contributed by atoms with van der Waals surface area (Å²) >= 11 is 4.78. The lowest BCUT2D eigenvalue weighted by molar-refractivity contribution is 0.567. The van der Waals surface area contributed by atoms with Gasteiger partial charge in [0.1, 0.15) is 4.90 Å². The Labute approximate surface area is 124 Å². The SMILES string of the molecule is CC(NS(=O)(=O)c1cc(Br)ccc1N)c1ccsc1. The molecule has 102 valence electrons. The number of nitrogens with two attached hydrogens (primary N) is 1. The zero-order valence-corrected chi connectivity index (χ0v) is 13.3. The Hall–Kier alpha value is -0.890. The van der Waals surface area contributed by atoms with Crippen LogP contribution in [0.15, 0.2) is 44.4 Å². The molecular weight excluding hydrogens is 348 g/mol. The minimum atomic E-state index is -3.64. The highest BCUT2D eigenvalue weighted by molar-refractivity contribution is 9.10. The number of sulfonamides is 1. The van der Waals surface area contributed by atoms with E-state index in [2.05, 4.69) is 20.7 Å². The average molecular weight is 361 g/mol. The summed E-state index contributed by atoms with van der Waals surface area (Å²) in [4.78, 5) is 0.0870. The highest BCUT2D eigenvalue weighted by Crippen LogP contribution is 2.25. The van der Waals surface area contributed by atoms with Gasteiger partial charge < -0.3 is 5.73 Å². The van der Waals surface area contributed by atoms with Crippen molar-refractivity contribution in [2.24, 2.45) is 0 Å². The summed E-state index contributed by atoms with van der Waals surface area (Å²) in [6.45, 7) is 1.80. The highest BCUT2D eigenvalue weighted by atomic mass is 79.9. The van der Waals surface area contributed by atoms with E-state index in [4.69, 9.17) is 5.73 Å². The van der Waals surface area contributed by atoms with Gasteiger partial charge in [0, 0.05) is 10.5 Å². The molecule has 2 aromatic rings. The number of thiophene rings is 1. The quantitative estimate of drug-likeness (QED) is 0.822. The van der Waals surface area contributed by atoms with Crippen LogP contribution in [0.3, 0.4) is 0 Å². The van der Waals surface area contributed by atoms with Gasteiger partial charge in [-0.15, -0.1) is 0 Å². The maximum absolute atomic E-state index is 12.3. The van der Waals surface area contributed by atoms with Crippen molar-refractivity contribution in [1.82, 2.24) is 4.72 Å². The van der Waals surface area contributed by atoms with Gasteiger partial charge in [-0.05, 0) is 47.5 Å². The Morgan fingerprint density at radius 2 is 2.11 bits per heavy atom. The Morgan fingerprint density at radius 1 is 1.37 bits per heavy atom. The summed E-state index contributed by atoms with van der Waals surface area (Å²) in [7, 11) is -3.64. The van der Waals surface area contributed by atoms with Gasteiger partial charge in [0.2, 0.25) is 10.0 Å². The van der Waals surface area contributed by atoms with Crippen molar-refractivity contribution in [2.45, 2.75) is 17.9 Å². The molecule has 0 aliphatic rings. The van der Waals surface area contributed by atoms with Crippen molar-refractivity contribution < 1.29 is 8.42 Å². The smallest absolute Gasteiger partial charge is 0.243 e. The summed E-state index contributed by atoms with van der Waals surface area (Å²) in [5.74, 6) is 0. The normalized spacial score (nSPS) is 13.4. The number of nitrogens with one attached hydrogen (secondary N) is 1. The number of rotatable bonds is 4. The lowest BCUT2D eigenvalue weighted by Crippen LogP contribution is -2.27. The summed E-state index contributed by atoms with van der Waals surface area (Å²) in [5.41, 5.74) is 6.89. The first-order chi connectivity index (χ1) is 8.90. The topological polar surface area (TPSA) is 72.2 Å². The van der Waals surface area contributed by atoms with Gasteiger partial charge in [0.15, 0.2) is 0 Å². The molecule has 19 heavy (non-hydrogen) atoms. The van der Waals surface area contributed by atoms with E-state index in [-0.39, 0.29) is 16.6 Å². The van der Waals surface area contributed by atoms with Crippen molar-refractivity contribution in [3.8, 4) is 0 Å². The standard InChI is InChI=1S/C12H13BrN2O2S2/c1-8(9-4-5-18-7-9)15-19(16,17)12-6-10(13)2-3-11(12)14/h2-8,15H,14H2,1H3. The van der Waals surface area contributed by atoms with Crippen molar-refractivity contribution in [3.63, 3.8) is 0 Å². The van der Waals surface area contributed by atoms with Crippen LogP contribution in [0.5, 0.6) is 0 Å². The average Bonchev–Trinajstić information content (AvgIpc) is 2.85. The molecule has 7 heteroatoms. The van der Waals surface area contributed by atoms with Gasteiger partial charge in [-0.2, -0.15) is 11.3 Å². The fourth-order valence-electron chi connectivity index (χ4n) is 1.63. The Kier molecular flexibility index (Phi) is 4.29. The van der Waals surface area contributed by atoms with Gasteiger partial charge in [0.25, 0.3) is 0 Å². The second-order valence-corrected chi connectivity index (χ2v) is 7.46. The Morgan fingerprint density at radius 3 is 2.74 bits per heavy atom. The monoisotopic (exact) mass is 360 g/mol. The van der Waals surface area contributed by atoms with Gasteiger partial charge >= 0.3 is 0 Å². The van der Waals surface area contributed by atoms with Gasteiger partial charge in [0.05, 0.1) is 5.69 Å². The first-order valence-corrected chi connectivity index (χ1v) is 8.71. The fraction of sp³-hybridized carbons (Fsp3) is 0.167. The van der Waals surface area contributed by atoms with Crippen LogP contribution < -0.4 is 10.5 Å². The number of nitrogen functional groups attached to an aromatic ring is 1. The molecule has 0 radical (unpaired) electrons. The van der Waals surface area contributed by atoms with Gasteiger partial charge in [-0.25, -0.2) is 13.1 Å². The lowest BCUT2D eigenvalue weighted by Gasteiger charge is -2.14. The summed E-state index contributed by atoms with van der Waals surface area (Å²) in [5, 5.41) is 3.82. The summed E-state index contributed by atoms with van der Waals surface area (Å²) in [6.07, 6.45) is 0. The fourth-order valence-corrected chi connectivity index (χ4v) is 4.28. The van der Waals surface area contributed by atoms with Gasteiger partial charge in [-0.1, -0.05) is 15.9 Å². The van der Waals surface area contributed by atoms with E-state index in [1.807, 2.05) is 16.8 Å². The second-order valence-electron chi connectivity index (χ2n) is 4.08. The molecule has 0 saturated carbocycles. The molecule has 1 atom stereocenters. The van der Waals surface area contributed by atoms with E-state index in [1.165, 1.54) is 17.4 Å². The third-order valence-electron chi connectivity index (χ3n) is 2.64. The molecule has 0 aliphatic carbocycles. The molecule has 4 nitrogen and oxygen atoms in total. The molecule has 0 amide bonds. The van der Waals surface area contributed by atoms with Crippen LogP contribution in [-0.2, 0) is 10.0 Å². The molecule has 2 rings (SSSR count). The molecule has 1 aromatic heterocycles. The van der Waals surface area contributed by atoms with Crippen molar-refractivity contribution in [3.05, 3.63) is 45.1 Å². The van der Waals surface area contributed by atoms with E-state index in [9.17, 15) is 8.42 Å². The van der Waals surface area contributed by atoms with Crippen molar-refractivity contribution in [2.75, 3.05) is 5.73 Å². The number of hydrogen-bond acceptors (Lipinski definition) is 4. The molecule has 0 saturated heterocycles. The van der Waals surface area contributed by atoms with E-state index >= 15 is 0 Å². The predicted octanol–water partition coefficient (Wildman–Crippen LogP) is 3.13. The minimum absolute atomic E-state index is 0.0870. The predicted molar refractivity (Wildman–Crippen MR) is 81.6 cm³/mol. The molecular formula is C12H13BrN2O2S2. The van der Waals surface area contributed by atoms with Crippen LogP contribution in [0.25, 0.3) is 0 Å². The second kappa shape index (κ2) is 5.62. The molecule has 3 N–H and O–H groups in total. The molecule has 0 aliphatic heterocycles. The maximum atomic E-state index is 12.3. The molecule has 0 bridgehead atoms. The van der Waals surface area contributed by atoms with Crippen molar-refractivity contribution >= 4 is 43.0 Å². The number of anilines is 1.